The first kappa shape index (κ1) is 15.3. The fourth-order valence-electron chi connectivity index (χ4n) is 1.44. The maximum absolute atomic E-state index is 10.8. The lowest BCUT2D eigenvalue weighted by atomic mass is 10.2. The molecule has 0 heterocycles. The summed E-state index contributed by atoms with van der Waals surface area (Å²) in [6.07, 6.45) is 2.51. The molecule has 1 unspecified atom stereocenters. The highest BCUT2D eigenvalue weighted by Gasteiger charge is 2.11. The minimum atomic E-state index is -0.762. The van der Waals surface area contributed by atoms with Crippen molar-refractivity contribution in [3.8, 4) is 0 Å². The maximum atomic E-state index is 10.8. The molecule has 0 aliphatic rings. The van der Waals surface area contributed by atoms with E-state index in [0.717, 1.165) is 18.5 Å². The van der Waals surface area contributed by atoms with E-state index in [1.807, 2.05) is 6.07 Å². The van der Waals surface area contributed by atoms with E-state index in [1.165, 1.54) is 0 Å². The lowest BCUT2D eigenvalue weighted by Crippen LogP contribution is -2.16. The molecule has 1 atom stereocenters. The number of nitrogens with one attached hydrogen (secondary N) is 1. The molecule has 1 aromatic carbocycles. The van der Waals surface area contributed by atoms with E-state index >= 15 is 0 Å². The monoisotopic (exact) mass is 334 g/mol. The molecule has 1 rings (SSSR count). The van der Waals surface area contributed by atoms with Crippen LogP contribution in [0.1, 0.15) is 12.0 Å². The van der Waals surface area contributed by atoms with Gasteiger partial charge < -0.3 is 5.32 Å². The van der Waals surface area contributed by atoms with Crippen LogP contribution in [0.15, 0.2) is 22.7 Å². The summed E-state index contributed by atoms with van der Waals surface area (Å²) in [5, 5.41) is 13.9. The Kier molecular flexibility index (Phi) is 6.45. The van der Waals surface area contributed by atoms with E-state index in [0.29, 0.717) is 16.8 Å². The number of nitro benzene ring substituents is 1. The van der Waals surface area contributed by atoms with Crippen molar-refractivity contribution in [3.63, 3.8) is 0 Å². The number of nitro groups is 1. The first-order valence-corrected chi connectivity index (χ1v) is 7.96. The summed E-state index contributed by atoms with van der Waals surface area (Å²) in [6, 6.07) is 5.06. The second-order valence-corrected chi connectivity index (χ2v) is 6.26. The van der Waals surface area contributed by atoms with E-state index in [9.17, 15) is 14.3 Å². The Hall–Kier alpha value is -0.790. The standard InChI is InChI=1S/C11H15BrN2O3S/c1-18(17)6-2-5-13-8-9-3-4-10(12)11(7-9)14(15)16/h3-4,7,13H,2,5-6,8H2,1H3. The van der Waals surface area contributed by atoms with Gasteiger partial charge in [-0.3, -0.25) is 14.3 Å². The van der Waals surface area contributed by atoms with Gasteiger partial charge in [0.05, 0.1) is 9.40 Å². The van der Waals surface area contributed by atoms with Gasteiger partial charge in [-0.1, -0.05) is 6.07 Å². The predicted octanol–water partition coefficient (Wildman–Crippen LogP) is 2.22. The van der Waals surface area contributed by atoms with Crippen molar-refractivity contribution in [1.29, 1.82) is 0 Å². The average Bonchev–Trinajstić information content (AvgIpc) is 2.30. The molecule has 18 heavy (non-hydrogen) atoms. The number of halogens is 1. The fraction of sp³-hybridized carbons (Fsp3) is 0.455. The molecule has 7 heteroatoms. The number of hydrogen-bond acceptors (Lipinski definition) is 4. The van der Waals surface area contributed by atoms with Gasteiger partial charge in [-0.25, -0.2) is 0 Å². The zero-order chi connectivity index (χ0) is 13.5. The molecular formula is C11H15BrN2O3S. The highest BCUT2D eigenvalue weighted by molar-refractivity contribution is 9.10. The second kappa shape index (κ2) is 7.60. The summed E-state index contributed by atoms with van der Waals surface area (Å²) in [5.41, 5.74) is 0.937. The van der Waals surface area contributed by atoms with Crippen LogP contribution in [-0.2, 0) is 17.3 Å². The Morgan fingerprint density at radius 2 is 2.22 bits per heavy atom. The normalized spacial score (nSPS) is 12.3. The summed E-state index contributed by atoms with van der Waals surface area (Å²) in [4.78, 5) is 10.3. The van der Waals surface area contributed by atoms with Gasteiger partial charge in [-0.15, -0.1) is 0 Å². The Morgan fingerprint density at radius 1 is 1.50 bits per heavy atom. The first-order valence-electron chi connectivity index (χ1n) is 5.44. The molecule has 100 valence electrons. The van der Waals surface area contributed by atoms with Gasteiger partial charge in [0.2, 0.25) is 0 Å². The Morgan fingerprint density at radius 3 is 2.83 bits per heavy atom. The zero-order valence-electron chi connectivity index (χ0n) is 10.0. The molecular weight excluding hydrogens is 320 g/mol. The van der Waals surface area contributed by atoms with Crippen molar-refractivity contribution in [2.24, 2.45) is 0 Å². The topological polar surface area (TPSA) is 72.2 Å². The van der Waals surface area contributed by atoms with Crippen LogP contribution in [0, 0.1) is 10.1 Å². The Labute approximate surface area is 117 Å². The molecule has 1 aromatic rings. The average molecular weight is 335 g/mol. The largest absolute Gasteiger partial charge is 0.313 e. The predicted molar refractivity (Wildman–Crippen MR) is 76.1 cm³/mol. The van der Waals surface area contributed by atoms with Crippen molar-refractivity contribution in [1.82, 2.24) is 5.32 Å². The van der Waals surface area contributed by atoms with Crippen molar-refractivity contribution in [3.05, 3.63) is 38.3 Å². The van der Waals surface area contributed by atoms with Crippen LogP contribution in [0.5, 0.6) is 0 Å². The van der Waals surface area contributed by atoms with Crippen LogP contribution >= 0.6 is 15.9 Å². The molecule has 0 saturated carbocycles. The first-order chi connectivity index (χ1) is 8.50. The third-order valence-corrected chi connectivity index (χ3v) is 3.86. The summed E-state index contributed by atoms with van der Waals surface area (Å²) in [6.45, 7) is 1.33. The molecule has 0 saturated heterocycles. The molecule has 1 N–H and O–H groups in total. The summed E-state index contributed by atoms with van der Waals surface area (Å²) < 4.78 is 11.3. The van der Waals surface area contributed by atoms with Gasteiger partial charge in [0.1, 0.15) is 0 Å². The third-order valence-electron chi connectivity index (χ3n) is 2.32. The smallest absolute Gasteiger partial charge is 0.283 e. The zero-order valence-corrected chi connectivity index (χ0v) is 12.4. The SMILES string of the molecule is CS(=O)CCCNCc1ccc(Br)c([N+](=O)[O-])c1. The van der Waals surface area contributed by atoms with Crippen LogP contribution in [0.4, 0.5) is 5.69 Å². The number of rotatable bonds is 7. The van der Waals surface area contributed by atoms with Gasteiger partial charge in [0, 0.05) is 35.4 Å². The minimum Gasteiger partial charge on any atom is -0.313 e. The quantitative estimate of drug-likeness (QED) is 0.471. The third kappa shape index (κ3) is 5.24. The molecule has 0 fully saturated rings. The van der Waals surface area contributed by atoms with E-state index in [-0.39, 0.29) is 5.69 Å². The summed E-state index contributed by atoms with van der Waals surface area (Å²) >= 11 is 3.14. The van der Waals surface area contributed by atoms with Crippen LogP contribution in [0.3, 0.4) is 0 Å². The van der Waals surface area contributed by atoms with E-state index in [1.54, 1.807) is 18.4 Å². The lowest BCUT2D eigenvalue weighted by molar-refractivity contribution is -0.385. The highest BCUT2D eigenvalue weighted by Crippen LogP contribution is 2.25. The van der Waals surface area contributed by atoms with Crippen molar-refractivity contribution in [2.75, 3.05) is 18.6 Å². The van der Waals surface area contributed by atoms with E-state index < -0.39 is 15.7 Å². The van der Waals surface area contributed by atoms with Crippen LogP contribution in [-0.4, -0.2) is 27.7 Å². The Balaban J connectivity index is 2.45. The summed E-state index contributed by atoms with van der Waals surface area (Å²) in [5.74, 6) is 0.674. The van der Waals surface area contributed by atoms with Gasteiger partial charge >= 0.3 is 0 Å². The van der Waals surface area contributed by atoms with Crippen molar-refractivity contribution < 1.29 is 9.13 Å². The molecule has 0 aliphatic heterocycles. The molecule has 0 aliphatic carbocycles. The minimum absolute atomic E-state index is 0.0731. The molecule has 0 spiro atoms. The number of benzene rings is 1. The van der Waals surface area contributed by atoms with Gasteiger partial charge in [0.15, 0.2) is 0 Å². The van der Waals surface area contributed by atoms with Crippen LogP contribution in [0.25, 0.3) is 0 Å². The molecule has 0 radical (unpaired) electrons. The molecule has 0 amide bonds. The van der Waals surface area contributed by atoms with E-state index in [4.69, 9.17) is 0 Å². The second-order valence-electron chi connectivity index (χ2n) is 3.85. The Bertz CT molecular complexity index is 454. The number of nitrogens with zero attached hydrogens (tertiary/aromatic N) is 1. The van der Waals surface area contributed by atoms with Crippen LogP contribution in [0.2, 0.25) is 0 Å². The lowest BCUT2D eigenvalue weighted by Gasteiger charge is -2.05. The van der Waals surface area contributed by atoms with Gasteiger partial charge in [-0.2, -0.15) is 0 Å². The molecule has 0 aromatic heterocycles. The van der Waals surface area contributed by atoms with Gasteiger partial charge in [0.25, 0.3) is 5.69 Å². The van der Waals surface area contributed by atoms with E-state index in [2.05, 4.69) is 21.2 Å². The maximum Gasteiger partial charge on any atom is 0.283 e. The molecule has 0 bridgehead atoms. The van der Waals surface area contributed by atoms with Gasteiger partial charge in [-0.05, 0) is 40.5 Å². The number of hydrogen-bond donors (Lipinski definition) is 1. The fourth-order valence-corrected chi connectivity index (χ4v) is 2.38. The van der Waals surface area contributed by atoms with Crippen LogP contribution < -0.4 is 5.32 Å². The highest BCUT2D eigenvalue weighted by atomic mass is 79.9. The molecule has 5 nitrogen and oxygen atoms in total. The van der Waals surface area contributed by atoms with Crippen molar-refractivity contribution in [2.45, 2.75) is 13.0 Å². The van der Waals surface area contributed by atoms with Crippen molar-refractivity contribution >= 4 is 32.4 Å². The summed E-state index contributed by atoms with van der Waals surface area (Å²) in [7, 11) is -0.762.